The van der Waals surface area contributed by atoms with Crippen LogP contribution >= 0.6 is 0 Å². The van der Waals surface area contributed by atoms with E-state index in [1.165, 1.54) is 0 Å². The number of aliphatic hydroxyl groups excluding tert-OH is 1. The topological polar surface area (TPSA) is 89.9 Å². The predicted octanol–water partition coefficient (Wildman–Crippen LogP) is 1.98. The largest absolute Gasteiger partial charge is 0.508 e. The zero-order valence-corrected chi connectivity index (χ0v) is 16.1. The molecular weight excluding hydrogens is 344 g/mol. The van der Waals surface area contributed by atoms with Crippen LogP contribution in [-0.2, 0) is 16.0 Å². The maximum absolute atomic E-state index is 12.3. The fourth-order valence-electron chi connectivity index (χ4n) is 4.89. The maximum atomic E-state index is 12.3. The number of aromatic hydroxyl groups is 1. The minimum Gasteiger partial charge on any atom is -0.508 e. The van der Waals surface area contributed by atoms with Gasteiger partial charge in [-0.05, 0) is 37.0 Å². The first-order chi connectivity index (χ1) is 12.8. The molecule has 3 N–H and O–H groups in total. The molecule has 0 aromatic heterocycles. The van der Waals surface area contributed by atoms with E-state index in [2.05, 4.69) is 12.2 Å². The highest BCUT2D eigenvalue weighted by atomic mass is 16.3. The zero-order valence-electron chi connectivity index (χ0n) is 16.1. The number of benzene rings is 1. The van der Waals surface area contributed by atoms with Gasteiger partial charge >= 0.3 is 0 Å². The predicted molar refractivity (Wildman–Crippen MR) is 102 cm³/mol. The van der Waals surface area contributed by atoms with E-state index in [-0.39, 0.29) is 41.5 Å². The molecule has 0 radical (unpaired) electrons. The van der Waals surface area contributed by atoms with Gasteiger partial charge in [0, 0.05) is 24.9 Å². The number of rotatable bonds is 4. The Bertz CT molecular complexity index is 690. The van der Waals surface area contributed by atoms with Crippen molar-refractivity contribution in [1.82, 2.24) is 10.2 Å². The van der Waals surface area contributed by atoms with Gasteiger partial charge in [0.1, 0.15) is 5.75 Å². The highest BCUT2D eigenvalue weighted by Crippen LogP contribution is 2.48. The van der Waals surface area contributed by atoms with Crippen LogP contribution in [0.15, 0.2) is 24.3 Å². The Kier molecular flexibility index (Phi) is 5.75. The molecule has 1 saturated carbocycles. The summed E-state index contributed by atoms with van der Waals surface area (Å²) in [6, 6.07) is 6.52. The van der Waals surface area contributed by atoms with Gasteiger partial charge in [0.15, 0.2) is 0 Å². The van der Waals surface area contributed by atoms with Crippen LogP contribution in [0.1, 0.15) is 51.5 Å². The molecule has 148 valence electrons. The molecule has 1 saturated heterocycles. The van der Waals surface area contributed by atoms with Gasteiger partial charge in [-0.3, -0.25) is 9.59 Å². The van der Waals surface area contributed by atoms with Gasteiger partial charge in [-0.25, -0.2) is 0 Å². The Morgan fingerprint density at radius 3 is 2.56 bits per heavy atom. The highest BCUT2D eigenvalue weighted by molar-refractivity contribution is 5.79. The smallest absolute Gasteiger partial charge is 0.224 e. The summed E-state index contributed by atoms with van der Waals surface area (Å²) >= 11 is 0. The van der Waals surface area contributed by atoms with Crippen LogP contribution in [-0.4, -0.2) is 51.7 Å². The Hall–Kier alpha value is -2.08. The van der Waals surface area contributed by atoms with Gasteiger partial charge in [0.05, 0.1) is 18.6 Å². The second kappa shape index (κ2) is 7.89. The lowest BCUT2D eigenvalue weighted by atomic mass is 9.75. The van der Waals surface area contributed by atoms with Gasteiger partial charge < -0.3 is 20.4 Å². The van der Waals surface area contributed by atoms with Gasteiger partial charge in [0.25, 0.3) is 0 Å². The number of likely N-dealkylation sites (tertiary alicyclic amines) is 1. The number of amides is 2. The molecule has 0 unspecified atom stereocenters. The first-order valence-corrected chi connectivity index (χ1v) is 9.83. The number of aliphatic hydroxyl groups is 1. The number of carbonyl (C=O) groups is 2. The van der Waals surface area contributed by atoms with Crippen molar-refractivity contribution in [3.8, 4) is 5.75 Å². The second-order valence-corrected chi connectivity index (χ2v) is 8.25. The molecule has 1 aromatic carbocycles. The van der Waals surface area contributed by atoms with Crippen molar-refractivity contribution >= 4 is 11.8 Å². The molecule has 3 rings (SSSR count). The molecule has 0 spiro atoms. The van der Waals surface area contributed by atoms with Crippen LogP contribution in [0.3, 0.4) is 0 Å². The third kappa shape index (κ3) is 4.10. The van der Waals surface area contributed by atoms with Crippen LogP contribution in [0.5, 0.6) is 5.75 Å². The molecule has 2 fully saturated rings. The average molecular weight is 374 g/mol. The number of nitrogens with zero attached hydrogens (tertiary/aromatic N) is 1. The lowest BCUT2D eigenvalue weighted by Gasteiger charge is -2.37. The maximum Gasteiger partial charge on any atom is 0.224 e. The zero-order chi connectivity index (χ0) is 19.6. The van der Waals surface area contributed by atoms with Crippen molar-refractivity contribution in [1.29, 1.82) is 0 Å². The summed E-state index contributed by atoms with van der Waals surface area (Å²) in [6.45, 7) is 4.06. The van der Waals surface area contributed by atoms with Gasteiger partial charge in [-0.15, -0.1) is 0 Å². The molecule has 1 heterocycles. The fourth-order valence-corrected chi connectivity index (χ4v) is 4.89. The number of phenols is 1. The van der Waals surface area contributed by atoms with Crippen LogP contribution in [0.2, 0.25) is 0 Å². The molecule has 1 aromatic rings. The summed E-state index contributed by atoms with van der Waals surface area (Å²) in [6.07, 6.45) is 4.22. The van der Waals surface area contributed by atoms with Crippen molar-refractivity contribution in [2.45, 2.75) is 70.6 Å². The number of nitrogens with one attached hydrogen (secondary N) is 1. The molecule has 1 aliphatic heterocycles. The minimum absolute atomic E-state index is 0.00982. The molecular formula is C21H30N2O4. The van der Waals surface area contributed by atoms with Crippen LogP contribution < -0.4 is 5.32 Å². The first kappa shape index (κ1) is 19.7. The summed E-state index contributed by atoms with van der Waals surface area (Å²) in [5.41, 5.74) is 0.516. The molecule has 27 heavy (non-hydrogen) atoms. The summed E-state index contributed by atoms with van der Waals surface area (Å²) in [5.74, 6) is 0.0742. The van der Waals surface area contributed by atoms with Crippen molar-refractivity contribution in [2.75, 3.05) is 6.54 Å². The Balaban J connectivity index is 1.65. The quantitative estimate of drug-likeness (QED) is 0.752. The monoisotopic (exact) mass is 374 g/mol. The second-order valence-electron chi connectivity index (χ2n) is 8.25. The highest BCUT2D eigenvalue weighted by Gasteiger charge is 2.53. The SMILES string of the molecule is CC(=O)N1[C@@H](CNC(=O)Cc2ccc(O)cc2)C[C@@]2(C)[C@@H](O)CCCC[C@@H]12. The number of hydrogen-bond acceptors (Lipinski definition) is 4. The van der Waals surface area contributed by atoms with E-state index in [9.17, 15) is 19.8 Å². The third-order valence-electron chi connectivity index (χ3n) is 6.33. The lowest BCUT2D eigenvalue weighted by Crippen LogP contribution is -2.48. The molecule has 1 aliphatic carbocycles. The van der Waals surface area contributed by atoms with Gasteiger partial charge in [-0.2, -0.15) is 0 Å². The molecule has 2 amide bonds. The van der Waals surface area contributed by atoms with Crippen molar-refractivity contribution in [2.24, 2.45) is 5.41 Å². The minimum atomic E-state index is -0.412. The van der Waals surface area contributed by atoms with Crippen LogP contribution in [0.25, 0.3) is 0 Å². The number of carbonyl (C=O) groups excluding carboxylic acids is 2. The van der Waals surface area contributed by atoms with Crippen molar-refractivity contribution < 1.29 is 19.8 Å². The third-order valence-corrected chi connectivity index (χ3v) is 6.33. The number of hydrogen-bond donors (Lipinski definition) is 3. The van der Waals surface area contributed by atoms with E-state index in [1.54, 1.807) is 31.2 Å². The molecule has 4 atom stereocenters. The Morgan fingerprint density at radius 2 is 1.89 bits per heavy atom. The molecule has 0 bridgehead atoms. The van der Waals surface area contributed by atoms with Crippen LogP contribution in [0.4, 0.5) is 0 Å². The Morgan fingerprint density at radius 1 is 1.22 bits per heavy atom. The van der Waals surface area contributed by atoms with Crippen LogP contribution in [0, 0.1) is 5.41 Å². The van der Waals surface area contributed by atoms with Gasteiger partial charge in [0.2, 0.25) is 11.8 Å². The van der Waals surface area contributed by atoms with E-state index < -0.39 is 6.10 Å². The number of fused-ring (bicyclic) bond motifs is 1. The summed E-state index contributed by atoms with van der Waals surface area (Å²) in [7, 11) is 0. The van der Waals surface area contributed by atoms with E-state index in [0.717, 1.165) is 31.2 Å². The standard InChI is InChI=1S/C21H30N2O4/c1-14(24)23-16(12-21(2)18(23)5-3-4-6-19(21)26)13-22-20(27)11-15-7-9-17(25)10-8-15/h7-10,16,18-19,25-26H,3-6,11-13H2,1-2H3,(H,22,27)/t16-,18-,19+,21-/m1/s1. The molecule has 2 aliphatic rings. The lowest BCUT2D eigenvalue weighted by molar-refractivity contribution is -0.133. The summed E-state index contributed by atoms with van der Waals surface area (Å²) in [4.78, 5) is 26.6. The first-order valence-electron chi connectivity index (χ1n) is 9.83. The van der Waals surface area contributed by atoms with Gasteiger partial charge in [-0.1, -0.05) is 31.9 Å². The Labute approximate surface area is 160 Å². The van der Waals surface area contributed by atoms with E-state index in [4.69, 9.17) is 0 Å². The summed E-state index contributed by atoms with van der Waals surface area (Å²) < 4.78 is 0. The summed E-state index contributed by atoms with van der Waals surface area (Å²) in [5, 5.41) is 23.0. The normalized spacial score (nSPS) is 30.5. The van der Waals surface area contributed by atoms with E-state index in [0.29, 0.717) is 13.0 Å². The van der Waals surface area contributed by atoms with Crippen molar-refractivity contribution in [3.63, 3.8) is 0 Å². The fraction of sp³-hybridized carbons (Fsp3) is 0.619. The number of phenolic OH excluding ortho intramolecular Hbond substituents is 1. The van der Waals surface area contributed by atoms with E-state index >= 15 is 0 Å². The molecule has 6 nitrogen and oxygen atoms in total. The average Bonchev–Trinajstić information content (AvgIpc) is 2.84. The van der Waals surface area contributed by atoms with E-state index in [1.807, 2.05) is 4.90 Å². The molecule has 6 heteroatoms. The van der Waals surface area contributed by atoms with Crippen molar-refractivity contribution in [3.05, 3.63) is 29.8 Å².